The Labute approximate surface area is 134 Å². The molecular weight excluding hydrogens is 290 g/mol. The molecule has 6 heteroatoms. The molecule has 5 nitrogen and oxygen atoms in total. The minimum absolute atomic E-state index is 0. The van der Waals surface area contributed by atoms with Gasteiger partial charge >= 0.3 is 0 Å². The van der Waals surface area contributed by atoms with Crippen LogP contribution in [0.3, 0.4) is 0 Å². The summed E-state index contributed by atoms with van der Waals surface area (Å²) >= 11 is 0. The Bertz CT molecular complexity index is 337. The molecule has 0 bridgehead atoms. The highest BCUT2D eigenvalue weighted by molar-refractivity contribution is 5.87. The fourth-order valence-electron chi connectivity index (χ4n) is 2.59. The van der Waals surface area contributed by atoms with Crippen LogP contribution in [-0.4, -0.2) is 30.9 Å². The van der Waals surface area contributed by atoms with Crippen LogP contribution in [0.5, 0.6) is 0 Å². The minimum atomic E-state index is -0.554. The van der Waals surface area contributed by atoms with Gasteiger partial charge in [0.15, 0.2) is 0 Å². The number of rotatable bonds is 6. The summed E-state index contributed by atoms with van der Waals surface area (Å²) in [6.07, 6.45) is 4.99. The van der Waals surface area contributed by atoms with Gasteiger partial charge in [-0.15, -0.1) is 12.4 Å². The van der Waals surface area contributed by atoms with Crippen molar-refractivity contribution >= 4 is 24.2 Å². The van der Waals surface area contributed by atoms with Gasteiger partial charge in [0, 0.05) is 6.54 Å². The molecule has 2 amide bonds. The number of hydrogen-bond donors (Lipinski definition) is 3. The number of amides is 2. The van der Waals surface area contributed by atoms with Gasteiger partial charge < -0.3 is 16.4 Å². The Hall–Kier alpha value is -0.810. The predicted octanol–water partition coefficient (Wildman–Crippen LogP) is 1.45. The lowest BCUT2D eigenvalue weighted by Gasteiger charge is -2.28. The van der Waals surface area contributed by atoms with Crippen LogP contribution in [0, 0.1) is 17.8 Å². The topological polar surface area (TPSA) is 84.2 Å². The van der Waals surface area contributed by atoms with Crippen LogP contribution in [0.25, 0.3) is 0 Å². The third kappa shape index (κ3) is 7.14. The van der Waals surface area contributed by atoms with Gasteiger partial charge in [-0.05, 0) is 24.2 Å². The first-order chi connectivity index (χ1) is 9.41. The molecule has 0 aromatic rings. The second-order valence-corrected chi connectivity index (χ2v) is 6.31. The molecule has 0 radical (unpaired) electrons. The van der Waals surface area contributed by atoms with Gasteiger partial charge in [0.1, 0.15) is 0 Å². The molecule has 0 aromatic carbocycles. The zero-order valence-corrected chi connectivity index (χ0v) is 14.2. The van der Waals surface area contributed by atoms with Gasteiger partial charge in [-0.25, -0.2) is 0 Å². The molecule has 1 fully saturated rings. The number of nitrogens with one attached hydrogen (secondary N) is 2. The fraction of sp³-hybridized carbons (Fsp3) is 0.867. The van der Waals surface area contributed by atoms with Crippen molar-refractivity contribution in [1.29, 1.82) is 0 Å². The molecule has 2 unspecified atom stereocenters. The maximum Gasteiger partial charge on any atom is 0.239 e. The first-order valence-electron chi connectivity index (χ1n) is 7.71. The van der Waals surface area contributed by atoms with Crippen LogP contribution in [0.2, 0.25) is 0 Å². The predicted molar refractivity (Wildman–Crippen MR) is 87.2 cm³/mol. The molecule has 124 valence electrons. The monoisotopic (exact) mass is 319 g/mol. The molecule has 0 saturated heterocycles. The highest BCUT2D eigenvalue weighted by atomic mass is 35.5. The van der Waals surface area contributed by atoms with Gasteiger partial charge in [0.2, 0.25) is 11.8 Å². The summed E-state index contributed by atoms with van der Waals surface area (Å²) in [6, 6.07) is -0.554. The van der Waals surface area contributed by atoms with Crippen molar-refractivity contribution in [3.05, 3.63) is 0 Å². The van der Waals surface area contributed by atoms with E-state index in [0.717, 1.165) is 0 Å². The lowest BCUT2D eigenvalue weighted by atomic mass is 9.80. The highest BCUT2D eigenvalue weighted by Gasteiger charge is 2.22. The lowest BCUT2D eigenvalue weighted by molar-refractivity contribution is -0.127. The van der Waals surface area contributed by atoms with E-state index in [9.17, 15) is 9.59 Å². The third-order valence-electron chi connectivity index (χ3n) is 4.29. The molecule has 0 aromatic heterocycles. The first-order valence-corrected chi connectivity index (χ1v) is 7.71. The van der Waals surface area contributed by atoms with Crippen LogP contribution >= 0.6 is 12.4 Å². The Morgan fingerprint density at radius 2 is 1.81 bits per heavy atom. The van der Waals surface area contributed by atoms with Crippen molar-refractivity contribution in [3.8, 4) is 0 Å². The van der Waals surface area contributed by atoms with Crippen LogP contribution in [0.4, 0.5) is 0 Å². The van der Waals surface area contributed by atoms with Crippen molar-refractivity contribution in [2.24, 2.45) is 23.5 Å². The van der Waals surface area contributed by atoms with E-state index in [1.807, 2.05) is 13.8 Å². The average molecular weight is 320 g/mol. The summed E-state index contributed by atoms with van der Waals surface area (Å²) in [5, 5.41) is 5.50. The first kappa shape index (κ1) is 20.2. The summed E-state index contributed by atoms with van der Waals surface area (Å²) in [7, 11) is 0. The number of carbonyl (C=O) groups excluding carboxylic acids is 2. The van der Waals surface area contributed by atoms with Crippen molar-refractivity contribution in [2.75, 3.05) is 13.1 Å². The van der Waals surface area contributed by atoms with E-state index in [-0.39, 0.29) is 36.7 Å². The normalized spacial score (nSPS) is 23.1. The summed E-state index contributed by atoms with van der Waals surface area (Å²) < 4.78 is 0. The Balaban J connectivity index is 0.00000400. The molecule has 21 heavy (non-hydrogen) atoms. The van der Waals surface area contributed by atoms with E-state index in [4.69, 9.17) is 5.73 Å². The van der Waals surface area contributed by atoms with E-state index >= 15 is 0 Å². The van der Waals surface area contributed by atoms with Crippen molar-refractivity contribution in [1.82, 2.24) is 10.6 Å². The standard InChI is InChI=1S/C15H29N3O2.ClH/c1-10(2)14(16)15(20)18-9-13(19)17-8-12-7-5-4-6-11(12)3;/h10-12,14H,4-9,16H2,1-3H3,(H,17,19)(H,18,20);1H/t11?,12?,14-;/m0./s1. The maximum atomic E-state index is 11.7. The molecule has 4 N–H and O–H groups in total. The van der Waals surface area contributed by atoms with Gasteiger partial charge in [0.25, 0.3) is 0 Å². The Kier molecular flexibility index (Phi) is 9.62. The minimum Gasteiger partial charge on any atom is -0.354 e. The molecule has 1 aliphatic rings. The summed E-state index contributed by atoms with van der Waals surface area (Å²) in [5.74, 6) is 0.920. The van der Waals surface area contributed by atoms with E-state index in [1.165, 1.54) is 25.7 Å². The molecule has 1 aliphatic carbocycles. The number of carbonyl (C=O) groups is 2. The lowest BCUT2D eigenvalue weighted by Crippen LogP contribution is -2.47. The summed E-state index contributed by atoms with van der Waals surface area (Å²) in [6.45, 7) is 6.75. The second kappa shape index (κ2) is 10.0. The van der Waals surface area contributed by atoms with Gasteiger partial charge in [-0.2, -0.15) is 0 Å². The number of hydrogen-bond acceptors (Lipinski definition) is 3. The molecule has 0 aliphatic heterocycles. The van der Waals surface area contributed by atoms with Gasteiger partial charge in [-0.3, -0.25) is 9.59 Å². The molecule has 1 rings (SSSR count). The number of halogens is 1. The van der Waals surface area contributed by atoms with E-state index < -0.39 is 6.04 Å². The van der Waals surface area contributed by atoms with Crippen LogP contribution < -0.4 is 16.4 Å². The Morgan fingerprint density at radius 3 is 2.38 bits per heavy atom. The van der Waals surface area contributed by atoms with Gasteiger partial charge in [0.05, 0.1) is 12.6 Å². The smallest absolute Gasteiger partial charge is 0.239 e. The molecule has 3 atom stereocenters. The molecule has 0 spiro atoms. The molecule has 1 saturated carbocycles. The van der Waals surface area contributed by atoms with Crippen LogP contribution in [0.15, 0.2) is 0 Å². The summed E-state index contributed by atoms with van der Waals surface area (Å²) in [4.78, 5) is 23.4. The second-order valence-electron chi connectivity index (χ2n) is 6.31. The number of nitrogens with two attached hydrogens (primary N) is 1. The maximum absolute atomic E-state index is 11.7. The highest BCUT2D eigenvalue weighted by Crippen LogP contribution is 2.28. The summed E-state index contributed by atoms with van der Waals surface area (Å²) in [5.41, 5.74) is 5.71. The van der Waals surface area contributed by atoms with Crippen molar-refractivity contribution in [2.45, 2.75) is 52.5 Å². The Morgan fingerprint density at radius 1 is 1.19 bits per heavy atom. The van der Waals surface area contributed by atoms with Crippen molar-refractivity contribution in [3.63, 3.8) is 0 Å². The average Bonchev–Trinajstić information content (AvgIpc) is 2.42. The molecular formula is C15H30ClN3O2. The van der Waals surface area contributed by atoms with E-state index in [0.29, 0.717) is 18.4 Å². The quantitative estimate of drug-likeness (QED) is 0.693. The van der Waals surface area contributed by atoms with Crippen molar-refractivity contribution < 1.29 is 9.59 Å². The zero-order valence-electron chi connectivity index (χ0n) is 13.4. The zero-order chi connectivity index (χ0) is 15.1. The largest absolute Gasteiger partial charge is 0.354 e. The fourth-order valence-corrected chi connectivity index (χ4v) is 2.59. The van der Waals surface area contributed by atoms with Crippen LogP contribution in [-0.2, 0) is 9.59 Å². The van der Waals surface area contributed by atoms with Gasteiger partial charge in [-0.1, -0.05) is 40.0 Å². The molecule has 0 heterocycles. The van der Waals surface area contributed by atoms with E-state index in [1.54, 1.807) is 0 Å². The SMILES string of the molecule is CC1CCCCC1CNC(=O)CNC(=O)[C@@H](N)C(C)C.Cl. The third-order valence-corrected chi connectivity index (χ3v) is 4.29. The van der Waals surface area contributed by atoms with Crippen LogP contribution in [0.1, 0.15) is 46.5 Å². The van der Waals surface area contributed by atoms with E-state index in [2.05, 4.69) is 17.6 Å².